The number of aliphatic imine (C=N–C) groups is 1. The lowest BCUT2D eigenvalue weighted by Gasteiger charge is -2.18. The Morgan fingerprint density at radius 1 is 1.32 bits per heavy atom. The molecule has 0 aliphatic rings. The van der Waals surface area contributed by atoms with Gasteiger partial charge in [-0.2, -0.15) is 5.10 Å². The second-order valence-corrected chi connectivity index (χ2v) is 6.93. The highest BCUT2D eigenvalue weighted by Crippen LogP contribution is 2.22. The first-order valence-corrected chi connectivity index (χ1v) is 9.70. The third-order valence-corrected chi connectivity index (χ3v) is 4.49. The van der Waals surface area contributed by atoms with Crippen molar-refractivity contribution in [3.05, 3.63) is 47.3 Å². The van der Waals surface area contributed by atoms with E-state index in [0.29, 0.717) is 6.54 Å². The van der Waals surface area contributed by atoms with Crippen LogP contribution in [0.2, 0.25) is 0 Å². The fraction of sp³-hybridized carbons (Fsp3) is 0.524. The van der Waals surface area contributed by atoms with Gasteiger partial charge in [-0.1, -0.05) is 19.1 Å². The van der Waals surface area contributed by atoms with Gasteiger partial charge in [0.1, 0.15) is 5.75 Å². The number of hydrogen-bond acceptors (Lipinski definition) is 3. The molecule has 1 unspecified atom stereocenters. The zero-order valence-electron chi connectivity index (χ0n) is 17.7. The normalized spacial score (nSPS) is 12.2. The Labute approximate surface area is 186 Å². The van der Waals surface area contributed by atoms with Crippen molar-refractivity contribution in [2.24, 2.45) is 12.0 Å². The minimum atomic E-state index is 0. The average Bonchev–Trinajstić information content (AvgIpc) is 3.07. The highest BCUT2D eigenvalue weighted by molar-refractivity contribution is 14.0. The minimum Gasteiger partial charge on any atom is -0.490 e. The number of guanidine groups is 1. The van der Waals surface area contributed by atoms with Gasteiger partial charge in [0, 0.05) is 38.9 Å². The van der Waals surface area contributed by atoms with Crippen molar-refractivity contribution in [2.75, 3.05) is 13.6 Å². The van der Waals surface area contributed by atoms with E-state index in [4.69, 9.17) is 4.74 Å². The van der Waals surface area contributed by atoms with E-state index >= 15 is 0 Å². The van der Waals surface area contributed by atoms with Gasteiger partial charge in [0.25, 0.3) is 0 Å². The standard InChI is InChI=1S/C21H33N5O.HI/c1-6-17(3)27-20-12-16(2)9-10-19(20)14-24-21(22-4)23-11-7-8-18-13-25-26(5)15-18;/h9-10,12-13,15,17H,6-8,11,14H2,1-5H3,(H2,22,23,24);1H. The van der Waals surface area contributed by atoms with Crippen LogP contribution in [0.4, 0.5) is 0 Å². The van der Waals surface area contributed by atoms with Crippen LogP contribution in [-0.2, 0) is 20.0 Å². The Kier molecular flexibility index (Phi) is 11.0. The van der Waals surface area contributed by atoms with Crippen molar-refractivity contribution in [2.45, 2.75) is 52.7 Å². The Balaban J connectivity index is 0.00000392. The molecule has 2 rings (SSSR count). The summed E-state index contributed by atoms with van der Waals surface area (Å²) in [4.78, 5) is 4.31. The molecule has 1 aromatic heterocycles. The second-order valence-electron chi connectivity index (χ2n) is 6.93. The molecule has 0 radical (unpaired) electrons. The quantitative estimate of drug-likeness (QED) is 0.238. The van der Waals surface area contributed by atoms with Crippen LogP contribution in [0, 0.1) is 6.92 Å². The maximum atomic E-state index is 6.08. The predicted octanol–water partition coefficient (Wildman–Crippen LogP) is 3.82. The summed E-state index contributed by atoms with van der Waals surface area (Å²) in [5.41, 5.74) is 3.60. The summed E-state index contributed by atoms with van der Waals surface area (Å²) in [6, 6.07) is 6.34. The molecular formula is C21H34IN5O. The fourth-order valence-electron chi connectivity index (χ4n) is 2.72. The zero-order chi connectivity index (χ0) is 19.6. The lowest BCUT2D eigenvalue weighted by Crippen LogP contribution is -2.37. The van der Waals surface area contributed by atoms with Crippen molar-refractivity contribution >= 4 is 29.9 Å². The van der Waals surface area contributed by atoms with E-state index in [1.54, 1.807) is 7.05 Å². The number of benzene rings is 1. The molecule has 1 heterocycles. The summed E-state index contributed by atoms with van der Waals surface area (Å²) in [7, 11) is 3.74. The molecule has 2 N–H and O–H groups in total. The van der Waals surface area contributed by atoms with Gasteiger partial charge >= 0.3 is 0 Å². The lowest BCUT2D eigenvalue weighted by molar-refractivity contribution is 0.215. The first-order chi connectivity index (χ1) is 13.0. The fourth-order valence-corrected chi connectivity index (χ4v) is 2.72. The number of rotatable bonds is 9. The maximum Gasteiger partial charge on any atom is 0.191 e. The van der Waals surface area contributed by atoms with E-state index in [0.717, 1.165) is 43.1 Å². The van der Waals surface area contributed by atoms with Crippen molar-refractivity contribution in [1.29, 1.82) is 0 Å². The van der Waals surface area contributed by atoms with Gasteiger partial charge in [0.15, 0.2) is 5.96 Å². The largest absolute Gasteiger partial charge is 0.490 e. The van der Waals surface area contributed by atoms with Crippen LogP contribution in [0.15, 0.2) is 35.6 Å². The van der Waals surface area contributed by atoms with Gasteiger partial charge in [-0.25, -0.2) is 0 Å². The molecule has 0 aliphatic heterocycles. The Morgan fingerprint density at radius 3 is 2.75 bits per heavy atom. The molecule has 0 saturated carbocycles. The Morgan fingerprint density at radius 2 is 2.11 bits per heavy atom. The van der Waals surface area contributed by atoms with E-state index in [2.05, 4.69) is 65.9 Å². The van der Waals surface area contributed by atoms with Gasteiger partial charge in [0.2, 0.25) is 0 Å². The maximum absolute atomic E-state index is 6.08. The van der Waals surface area contributed by atoms with Gasteiger partial charge < -0.3 is 15.4 Å². The average molecular weight is 499 g/mol. The molecule has 0 aliphatic carbocycles. The monoisotopic (exact) mass is 499 g/mol. The van der Waals surface area contributed by atoms with E-state index in [1.807, 2.05) is 17.9 Å². The Hall–Kier alpha value is -1.77. The number of halogens is 1. The van der Waals surface area contributed by atoms with E-state index in [9.17, 15) is 0 Å². The van der Waals surface area contributed by atoms with Gasteiger partial charge in [-0.05, 0) is 50.3 Å². The summed E-state index contributed by atoms with van der Waals surface area (Å²) in [5, 5.41) is 11.0. The molecule has 0 bridgehead atoms. The third kappa shape index (κ3) is 8.08. The third-order valence-electron chi connectivity index (χ3n) is 4.49. The van der Waals surface area contributed by atoms with E-state index in [-0.39, 0.29) is 30.1 Å². The zero-order valence-corrected chi connectivity index (χ0v) is 20.0. The van der Waals surface area contributed by atoms with Crippen molar-refractivity contribution in [1.82, 2.24) is 20.4 Å². The molecule has 2 aromatic rings. The first-order valence-electron chi connectivity index (χ1n) is 9.70. The molecule has 0 spiro atoms. The summed E-state index contributed by atoms with van der Waals surface area (Å²) >= 11 is 0. The molecule has 28 heavy (non-hydrogen) atoms. The Bertz CT molecular complexity index is 744. The highest BCUT2D eigenvalue weighted by Gasteiger charge is 2.09. The van der Waals surface area contributed by atoms with Crippen LogP contribution in [0.5, 0.6) is 5.75 Å². The van der Waals surface area contributed by atoms with Crippen LogP contribution in [0.1, 0.15) is 43.4 Å². The number of nitrogens with zero attached hydrogens (tertiary/aromatic N) is 3. The lowest BCUT2D eigenvalue weighted by atomic mass is 10.1. The molecular weight excluding hydrogens is 465 g/mol. The van der Waals surface area contributed by atoms with E-state index < -0.39 is 0 Å². The number of ether oxygens (including phenoxy) is 1. The first kappa shape index (κ1) is 24.3. The molecule has 0 saturated heterocycles. The van der Waals surface area contributed by atoms with Crippen LogP contribution in [-0.4, -0.2) is 35.4 Å². The molecule has 1 atom stereocenters. The molecule has 0 amide bonds. The molecule has 156 valence electrons. The van der Waals surface area contributed by atoms with Crippen LogP contribution >= 0.6 is 24.0 Å². The SMILES string of the molecule is CCC(C)Oc1cc(C)ccc1CNC(=NC)NCCCc1cnn(C)c1.I. The smallest absolute Gasteiger partial charge is 0.191 e. The van der Waals surface area contributed by atoms with Gasteiger partial charge in [-0.3, -0.25) is 9.67 Å². The minimum absolute atomic E-state index is 0. The number of hydrogen-bond donors (Lipinski definition) is 2. The van der Waals surface area contributed by atoms with Crippen molar-refractivity contribution in [3.8, 4) is 5.75 Å². The predicted molar refractivity (Wildman–Crippen MR) is 127 cm³/mol. The highest BCUT2D eigenvalue weighted by atomic mass is 127. The topological polar surface area (TPSA) is 63.5 Å². The second kappa shape index (κ2) is 12.6. The summed E-state index contributed by atoms with van der Waals surface area (Å²) in [6.45, 7) is 7.86. The van der Waals surface area contributed by atoms with E-state index in [1.165, 1.54) is 11.1 Å². The van der Waals surface area contributed by atoms with Crippen molar-refractivity contribution in [3.63, 3.8) is 0 Å². The molecule has 6 nitrogen and oxygen atoms in total. The van der Waals surface area contributed by atoms with Crippen molar-refractivity contribution < 1.29 is 4.74 Å². The number of aryl methyl sites for hydroxylation is 3. The summed E-state index contributed by atoms with van der Waals surface area (Å²) in [5.74, 6) is 1.75. The summed E-state index contributed by atoms with van der Waals surface area (Å²) < 4.78 is 7.92. The van der Waals surface area contributed by atoms with Gasteiger partial charge in [0.05, 0.1) is 12.3 Å². The molecule has 7 heteroatoms. The van der Waals surface area contributed by atoms with Gasteiger partial charge in [-0.15, -0.1) is 24.0 Å². The van der Waals surface area contributed by atoms with Crippen LogP contribution in [0.25, 0.3) is 0 Å². The molecule has 0 fully saturated rings. The number of aromatic nitrogens is 2. The molecule has 1 aromatic carbocycles. The van der Waals surface area contributed by atoms with Crippen LogP contribution < -0.4 is 15.4 Å². The number of nitrogens with one attached hydrogen (secondary N) is 2. The summed E-state index contributed by atoms with van der Waals surface area (Å²) in [6.07, 6.45) is 7.20. The van der Waals surface area contributed by atoms with Crippen LogP contribution in [0.3, 0.4) is 0 Å².